The van der Waals surface area contributed by atoms with Crippen molar-refractivity contribution >= 4 is 74.9 Å². The van der Waals surface area contributed by atoms with Gasteiger partial charge in [-0.25, -0.2) is 0 Å². The van der Waals surface area contributed by atoms with Gasteiger partial charge in [0.05, 0.1) is 20.5 Å². The van der Waals surface area contributed by atoms with Gasteiger partial charge < -0.3 is 4.42 Å². The standard InChI is InChI=1S/C20H10Cl2N2O4S2/c21-11-4-6-15(16(22)8-11)17-7-5-14(28-17)10-18-19(25)23(20(29)30-18)12-2-1-3-13(9-12)24(26)27/h1-10H/b18-10-. The third-order valence-corrected chi connectivity index (χ3v) is 6.04. The van der Waals surface area contributed by atoms with Crippen molar-refractivity contribution in [2.45, 2.75) is 0 Å². The SMILES string of the molecule is O=C1/C(=C/c2ccc(-c3ccc(Cl)cc3Cl)o2)SC(=S)N1c1cccc([N+](=O)[O-])c1. The summed E-state index contributed by atoms with van der Waals surface area (Å²) < 4.78 is 6.08. The molecule has 0 bridgehead atoms. The molecule has 1 amide bonds. The summed E-state index contributed by atoms with van der Waals surface area (Å²) in [4.78, 5) is 25.0. The van der Waals surface area contributed by atoms with Crippen molar-refractivity contribution in [1.29, 1.82) is 0 Å². The number of non-ortho nitro benzene ring substituents is 1. The second-order valence-corrected chi connectivity index (χ2v) is 8.64. The number of amides is 1. The van der Waals surface area contributed by atoms with Crippen LogP contribution in [0.5, 0.6) is 0 Å². The molecular formula is C20H10Cl2N2O4S2. The molecule has 6 nitrogen and oxygen atoms in total. The monoisotopic (exact) mass is 476 g/mol. The molecule has 1 aromatic heterocycles. The van der Waals surface area contributed by atoms with E-state index in [1.807, 2.05) is 0 Å². The van der Waals surface area contributed by atoms with Crippen molar-refractivity contribution in [2.75, 3.05) is 4.90 Å². The highest BCUT2D eigenvalue weighted by Crippen LogP contribution is 2.38. The Morgan fingerprint density at radius 3 is 2.67 bits per heavy atom. The molecule has 0 N–H and O–H groups in total. The molecule has 0 saturated carbocycles. The minimum atomic E-state index is -0.525. The molecule has 10 heteroatoms. The maximum absolute atomic E-state index is 12.9. The number of anilines is 1. The average molecular weight is 477 g/mol. The maximum Gasteiger partial charge on any atom is 0.271 e. The molecule has 1 aliphatic heterocycles. The first-order chi connectivity index (χ1) is 14.3. The number of nitrogens with zero attached hydrogens (tertiary/aromatic N) is 2. The third kappa shape index (κ3) is 3.99. The van der Waals surface area contributed by atoms with Crippen molar-refractivity contribution < 1.29 is 14.1 Å². The number of thiocarbonyl (C=S) groups is 1. The van der Waals surface area contributed by atoms with E-state index < -0.39 is 4.92 Å². The van der Waals surface area contributed by atoms with Crippen molar-refractivity contribution in [3.05, 3.63) is 85.4 Å². The third-order valence-electron chi connectivity index (χ3n) is 4.19. The molecule has 4 rings (SSSR count). The van der Waals surface area contributed by atoms with Gasteiger partial charge in [0.1, 0.15) is 11.5 Å². The number of rotatable bonds is 4. The molecule has 0 unspecified atom stereocenters. The minimum absolute atomic E-state index is 0.124. The van der Waals surface area contributed by atoms with Crippen molar-refractivity contribution in [2.24, 2.45) is 0 Å². The zero-order valence-electron chi connectivity index (χ0n) is 14.9. The fraction of sp³-hybridized carbons (Fsp3) is 0. The fourth-order valence-corrected chi connectivity index (χ4v) is 4.61. The summed E-state index contributed by atoms with van der Waals surface area (Å²) in [7, 11) is 0. The van der Waals surface area contributed by atoms with Crippen LogP contribution in [0.2, 0.25) is 10.0 Å². The van der Waals surface area contributed by atoms with Gasteiger partial charge in [-0.2, -0.15) is 0 Å². The molecule has 2 heterocycles. The normalized spacial score (nSPS) is 15.3. The predicted octanol–water partition coefficient (Wildman–Crippen LogP) is 6.57. The van der Waals surface area contributed by atoms with E-state index in [1.165, 1.54) is 23.1 Å². The van der Waals surface area contributed by atoms with Gasteiger partial charge >= 0.3 is 0 Å². The van der Waals surface area contributed by atoms with Gasteiger partial charge in [0.15, 0.2) is 4.32 Å². The van der Waals surface area contributed by atoms with Crippen LogP contribution in [0, 0.1) is 10.1 Å². The van der Waals surface area contributed by atoms with Crippen LogP contribution in [0.3, 0.4) is 0 Å². The molecular weight excluding hydrogens is 467 g/mol. The van der Waals surface area contributed by atoms with Crippen LogP contribution in [-0.2, 0) is 4.79 Å². The topological polar surface area (TPSA) is 76.6 Å². The number of carbonyl (C=O) groups is 1. The Kier molecular flexibility index (Phi) is 5.66. The summed E-state index contributed by atoms with van der Waals surface area (Å²) in [5, 5.41) is 12.0. The Labute approximate surface area is 190 Å². The van der Waals surface area contributed by atoms with E-state index >= 15 is 0 Å². The highest BCUT2D eigenvalue weighted by atomic mass is 35.5. The van der Waals surface area contributed by atoms with E-state index in [0.29, 0.717) is 37.7 Å². The van der Waals surface area contributed by atoms with Gasteiger partial charge in [0, 0.05) is 28.8 Å². The van der Waals surface area contributed by atoms with Gasteiger partial charge in [-0.1, -0.05) is 53.2 Å². The Morgan fingerprint density at radius 2 is 1.93 bits per heavy atom. The molecule has 1 fully saturated rings. The smallest absolute Gasteiger partial charge is 0.271 e. The number of benzene rings is 2. The molecule has 1 aliphatic rings. The first-order valence-corrected chi connectivity index (χ1v) is 10.4. The van der Waals surface area contributed by atoms with E-state index in [-0.39, 0.29) is 15.9 Å². The largest absolute Gasteiger partial charge is 0.457 e. The predicted molar refractivity (Wildman–Crippen MR) is 123 cm³/mol. The molecule has 2 aromatic carbocycles. The first-order valence-electron chi connectivity index (χ1n) is 8.41. The van der Waals surface area contributed by atoms with Crippen LogP contribution in [0.4, 0.5) is 11.4 Å². The number of carbonyl (C=O) groups excluding carboxylic acids is 1. The molecule has 1 saturated heterocycles. The molecule has 30 heavy (non-hydrogen) atoms. The van der Waals surface area contributed by atoms with E-state index in [2.05, 4.69) is 0 Å². The van der Waals surface area contributed by atoms with E-state index in [1.54, 1.807) is 42.5 Å². The summed E-state index contributed by atoms with van der Waals surface area (Å²) in [5.74, 6) is 0.584. The molecule has 150 valence electrons. The van der Waals surface area contributed by atoms with Crippen LogP contribution in [0.25, 0.3) is 17.4 Å². The quantitative estimate of drug-likeness (QED) is 0.183. The molecule has 3 aromatic rings. The zero-order chi connectivity index (χ0) is 21.4. The van der Waals surface area contributed by atoms with Crippen molar-refractivity contribution in [1.82, 2.24) is 0 Å². The van der Waals surface area contributed by atoms with E-state index in [9.17, 15) is 14.9 Å². The number of hydrogen-bond donors (Lipinski definition) is 0. The van der Waals surface area contributed by atoms with Gasteiger partial charge in [-0.15, -0.1) is 0 Å². The lowest BCUT2D eigenvalue weighted by Crippen LogP contribution is -2.27. The van der Waals surface area contributed by atoms with Crippen LogP contribution in [0.15, 0.2) is 63.9 Å². The second kappa shape index (κ2) is 8.23. The number of furan rings is 1. The Bertz CT molecular complexity index is 1240. The number of thioether (sulfide) groups is 1. The van der Waals surface area contributed by atoms with Crippen LogP contribution < -0.4 is 4.90 Å². The lowest BCUT2D eigenvalue weighted by atomic mass is 10.2. The van der Waals surface area contributed by atoms with Gasteiger partial charge in [-0.3, -0.25) is 19.8 Å². The Morgan fingerprint density at radius 1 is 1.13 bits per heavy atom. The van der Waals surface area contributed by atoms with Gasteiger partial charge in [-0.05, 0) is 36.4 Å². The molecule has 0 spiro atoms. The summed E-state index contributed by atoms with van der Waals surface area (Å²) in [6, 6.07) is 14.3. The van der Waals surface area contributed by atoms with Crippen molar-refractivity contribution in [3.8, 4) is 11.3 Å². The van der Waals surface area contributed by atoms with Gasteiger partial charge in [0.25, 0.3) is 11.6 Å². The van der Waals surface area contributed by atoms with Crippen LogP contribution >= 0.6 is 47.2 Å². The zero-order valence-corrected chi connectivity index (χ0v) is 18.0. The lowest BCUT2D eigenvalue weighted by Gasteiger charge is -2.13. The Balaban J connectivity index is 1.62. The van der Waals surface area contributed by atoms with Gasteiger partial charge in [0.2, 0.25) is 0 Å². The highest BCUT2D eigenvalue weighted by molar-refractivity contribution is 8.27. The van der Waals surface area contributed by atoms with Crippen molar-refractivity contribution in [3.63, 3.8) is 0 Å². The van der Waals surface area contributed by atoms with Crippen LogP contribution in [0.1, 0.15) is 5.76 Å². The molecule has 0 atom stereocenters. The number of nitro groups is 1. The summed E-state index contributed by atoms with van der Waals surface area (Å²) >= 11 is 18.5. The molecule has 0 aliphatic carbocycles. The fourth-order valence-electron chi connectivity index (χ4n) is 2.83. The maximum atomic E-state index is 12.9. The average Bonchev–Trinajstić information content (AvgIpc) is 3.26. The summed E-state index contributed by atoms with van der Waals surface area (Å²) in [6.45, 7) is 0. The lowest BCUT2D eigenvalue weighted by molar-refractivity contribution is -0.384. The second-order valence-electron chi connectivity index (χ2n) is 6.12. The number of hydrogen-bond acceptors (Lipinski definition) is 6. The minimum Gasteiger partial charge on any atom is -0.457 e. The van der Waals surface area contributed by atoms with Crippen LogP contribution in [-0.4, -0.2) is 15.2 Å². The number of halogens is 2. The van der Waals surface area contributed by atoms with E-state index in [0.717, 1.165) is 11.8 Å². The van der Waals surface area contributed by atoms with E-state index in [4.69, 9.17) is 39.8 Å². The highest BCUT2D eigenvalue weighted by Gasteiger charge is 2.34. The number of nitro benzene ring substituents is 1. The molecule has 0 radical (unpaired) electrons. The first kappa shape index (κ1) is 20.6. The Hall–Kier alpha value is -2.65. The summed E-state index contributed by atoms with van der Waals surface area (Å²) in [5.41, 5.74) is 0.883. The summed E-state index contributed by atoms with van der Waals surface area (Å²) in [6.07, 6.45) is 1.57.